The maximum atomic E-state index is 11.8. The molecule has 0 aliphatic carbocycles. The van der Waals surface area contributed by atoms with E-state index in [4.69, 9.17) is 18.9 Å². The van der Waals surface area contributed by atoms with Crippen molar-refractivity contribution < 1.29 is 23.7 Å². The van der Waals surface area contributed by atoms with Crippen molar-refractivity contribution in [2.45, 2.75) is 32.5 Å². The van der Waals surface area contributed by atoms with Crippen LogP contribution in [0.2, 0.25) is 0 Å². The van der Waals surface area contributed by atoms with Crippen molar-refractivity contribution in [2.24, 2.45) is 0 Å². The Hall–Kier alpha value is -2.01. The molecule has 0 unspecified atom stereocenters. The van der Waals surface area contributed by atoms with Gasteiger partial charge in [0, 0.05) is 6.08 Å². The second-order valence-corrected chi connectivity index (χ2v) is 6.02. The zero-order chi connectivity index (χ0) is 16.2. The van der Waals surface area contributed by atoms with Crippen LogP contribution in [-0.4, -0.2) is 38.0 Å². The van der Waals surface area contributed by atoms with Crippen LogP contribution in [0, 0.1) is 0 Å². The van der Waals surface area contributed by atoms with E-state index in [1.54, 1.807) is 13.2 Å². The lowest BCUT2D eigenvalue weighted by Gasteiger charge is -2.27. The third-order valence-corrected chi connectivity index (χ3v) is 2.94. The molecule has 0 spiro atoms. The fourth-order valence-electron chi connectivity index (χ4n) is 1.92. The van der Waals surface area contributed by atoms with E-state index in [2.05, 4.69) is 0 Å². The Morgan fingerprint density at radius 2 is 1.95 bits per heavy atom. The predicted octanol–water partition coefficient (Wildman–Crippen LogP) is 2.83. The third-order valence-electron chi connectivity index (χ3n) is 2.94. The van der Waals surface area contributed by atoms with E-state index in [0.29, 0.717) is 30.3 Å². The molecule has 120 valence electrons. The van der Waals surface area contributed by atoms with Crippen LogP contribution in [0.15, 0.2) is 24.3 Å². The summed E-state index contributed by atoms with van der Waals surface area (Å²) in [7, 11) is 1.58. The van der Waals surface area contributed by atoms with E-state index < -0.39 is 11.6 Å². The minimum atomic E-state index is -0.523. The molecule has 0 atom stereocenters. The fraction of sp³-hybridized carbons (Fsp3) is 0.471. The largest absolute Gasteiger partial charge is 0.496 e. The summed E-state index contributed by atoms with van der Waals surface area (Å²) in [6.07, 6.45) is 3.08. The number of esters is 1. The highest BCUT2D eigenvalue weighted by atomic mass is 16.6. The van der Waals surface area contributed by atoms with Gasteiger partial charge in [0.05, 0.1) is 25.9 Å². The Bertz CT molecular complexity index is 553. The van der Waals surface area contributed by atoms with Gasteiger partial charge in [-0.05, 0) is 39.0 Å². The summed E-state index contributed by atoms with van der Waals surface area (Å²) < 4.78 is 21.6. The highest BCUT2D eigenvalue weighted by Gasteiger charge is 2.22. The second-order valence-electron chi connectivity index (χ2n) is 6.02. The molecule has 5 heteroatoms. The molecule has 1 aromatic rings. The van der Waals surface area contributed by atoms with E-state index in [1.807, 2.05) is 39.0 Å². The van der Waals surface area contributed by atoms with E-state index in [1.165, 1.54) is 6.08 Å². The molecule has 0 N–H and O–H groups in total. The molecule has 1 aliphatic rings. The standard InChI is InChI=1S/C17H22O5/c1-17(2,3)22-16(18)9-8-13-14(19-4)6-5-7-15(13)21-12-10-20-11-12/h5-9,12H,10-11H2,1-4H3/b9-8+. The number of hydrogen-bond donors (Lipinski definition) is 0. The first-order valence-corrected chi connectivity index (χ1v) is 7.21. The van der Waals surface area contributed by atoms with Crippen molar-refractivity contribution in [2.75, 3.05) is 20.3 Å². The number of carbonyl (C=O) groups excluding carboxylic acids is 1. The highest BCUT2D eigenvalue weighted by molar-refractivity contribution is 5.88. The van der Waals surface area contributed by atoms with Crippen molar-refractivity contribution >= 4 is 12.0 Å². The van der Waals surface area contributed by atoms with Crippen molar-refractivity contribution in [3.05, 3.63) is 29.8 Å². The van der Waals surface area contributed by atoms with Crippen LogP contribution in [0.25, 0.3) is 6.08 Å². The summed E-state index contributed by atoms with van der Waals surface area (Å²) in [6.45, 7) is 6.63. The summed E-state index contributed by atoms with van der Waals surface area (Å²) in [4.78, 5) is 11.8. The second kappa shape index (κ2) is 6.83. The van der Waals surface area contributed by atoms with Crippen molar-refractivity contribution in [1.29, 1.82) is 0 Å². The van der Waals surface area contributed by atoms with Crippen LogP contribution in [0.5, 0.6) is 11.5 Å². The highest BCUT2D eigenvalue weighted by Crippen LogP contribution is 2.31. The Balaban J connectivity index is 2.18. The monoisotopic (exact) mass is 306 g/mol. The molecule has 1 fully saturated rings. The molecule has 0 bridgehead atoms. The van der Waals surface area contributed by atoms with Crippen LogP contribution in [0.3, 0.4) is 0 Å². The molecule has 1 aliphatic heterocycles. The van der Waals surface area contributed by atoms with E-state index in [0.717, 1.165) is 0 Å². The van der Waals surface area contributed by atoms with Gasteiger partial charge in [0.2, 0.25) is 0 Å². The average Bonchev–Trinajstić information content (AvgIpc) is 2.38. The lowest BCUT2D eigenvalue weighted by Crippen LogP contribution is -2.38. The molecule has 5 nitrogen and oxygen atoms in total. The van der Waals surface area contributed by atoms with E-state index >= 15 is 0 Å². The van der Waals surface area contributed by atoms with E-state index in [-0.39, 0.29) is 6.10 Å². The fourth-order valence-corrected chi connectivity index (χ4v) is 1.92. The summed E-state index contributed by atoms with van der Waals surface area (Å²) in [5.74, 6) is 0.890. The average molecular weight is 306 g/mol. The zero-order valence-electron chi connectivity index (χ0n) is 13.4. The molecule has 1 aromatic carbocycles. The van der Waals surface area contributed by atoms with Crippen molar-refractivity contribution in [1.82, 2.24) is 0 Å². The van der Waals surface area contributed by atoms with Crippen LogP contribution in [0.4, 0.5) is 0 Å². The predicted molar refractivity (Wildman–Crippen MR) is 83.1 cm³/mol. The summed E-state index contributed by atoms with van der Waals surface area (Å²) >= 11 is 0. The van der Waals surface area contributed by atoms with Gasteiger partial charge in [0.15, 0.2) is 0 Å². The Kier molecular flexibility index (Phi) is 5.08. The van der Waals surface area contributed by atoms with Gasteiger partial charge in [-0.25, -0.2) is 4.79 Å². The number of ether oxygens (including phenoxy) is 4. The van der Waals surface area contributed by atoms with Crippen molar-refractivity contribution in [3.8, 4) is 11.5 Å². The molecular weight excluding hydrogens is 284 g/mol. The smallest absolute Gasteiger partial charge is 0.331 e. The lowest BCUT2D eigenvalue weighted by atomic mass is 10.1. The summed E-state index contributed by atoms with van der Waals surface area (Å²) in [5, 5.41) is 0. The minimum absolute atomic E-state index is 0.0424. The Morgan fingerprint density at radius 3 is 2.50 bits per heavy atom. The number of methoxy groups -OCH3 is 1. The SMILES string of the molecule is COc1cccc(OC2COC2)c1/C=C/C(=O)OC(C)(C)C. The van der Waals surface area contributed by atoms with Gasteiger partial charge in [-0.3, -0.25) is 0 Å². The molecule has 0 saturated carbocycles. The molecule has 1 saturated heterocycles. The molecule has 1 heterocycles. The van der Waals surface area contributed by atoms with Gasteiger partial charge in [-0.15, -0.1) is 0 Å². The summed E-state index contributed by atoms with van der Waals surface area (Å²) in [5.41, 5.74) is 0.188. The van der Waals surface area contributed by atoms with Gasteiger partial charge >= 0.3 is 5.97 Å². The zero-order valence-corrected chi connectivity index (χ0v) is 13.4. The van der Waals surface area contributed by atoms with Gasteiger partial charge in [-0.2, -0.15) is 0 Å². The number of hydrogen-bond acceptors (Lipinski definition) is 5. The maximum absolute atomic E-state index is 11.8. The quantitative estimate of drug-likeness (QED) is 0.618. The molecule has 0 aromatic heterocycles. The van der Waals surface area contributed by atoms with Crippen molar-refractivity contribution in [3.63, 3.8) is 0 Å². The third kappa shape index (κ3) is 4.49. The van der Waals surface area contributed by atoms with Gasteiger partial charge in [0.25, 0.3) is 0 Å². The number of carbonyl (C=O) groups is 1. The lowest BCUT2D eigenvalue weighted by molar-refractivity contribution is -0.148. The molecule has 2 rings (SSSR count). The summed E-state index contributed by atoms with van der Waals surface area (Å²) in [6, 6.07) is 5.51. The molecule has 0 radical (unpaired) electrons. The van der Waals surface area contributed by atoms with Gasteiger partial charge in [-0.1, -0.05) is 6.07 Å². The normalized spacial score (nSPS) is 15.5. The first-order valence-electron chi connectivity index (χ1n) is 7.21. The molecule has 0 amide bonds. The Labute approximate surface area is 130 Å². The maximum Gasteiger partial charge on any atom is 0.331 e. The Morgan fingerprint density at radius 1 is 1.27 bits per heavy atom. The first kappa shape index (κ1) is 16.4. The van der Waals surface area contributed by atoms with Gasteiger partial charge in [0.1, 0.15) is 23.2 Å². The van der Waals surface area contributed by atoms with Gasteiger partial charge < -0.3 is 18.9 Å². The van der Waals surface area contributed by atoms with Crippen LogP contribution >= 0.6 is 0 Å². The van der Waals surface area contributed by atoms with Crippen LogP contribution in [-0.2, 0) is 14.3 Å². The minimum Gasteiger partial charge on any atom is -0.496 e. The first-order chi connectivity index (χ1) is 10.4. The topological polar surface area (TPSA) is 54.0 Å². The van der Waals surface area contributed by atoms with Crippen LogP contribution < -0.4 is 9.47 Å². The van der Waals surface area contributed by atoms with Crippen LogP contribution in [0.1, 0.15) is 26.3 Å². The molecular formula is C17H22O5. The van der Waals surface area contributed by atoms with E-state index in [9.17, 15) is 4.79 Å². The number of rotatable bonds is 5. The molecule has 22 heavy (non-hydrogen) atoms. The number of benzene rings is 1.